The Bertz CT molecular complexity index is 187. The standard InChI is InChI=1S/C14H29NO/c1-5-15-11-14(4,12(2)3)9-8-13-7-6-10-16-13/h12-13,15H,5-11H2,1-4H3. The Labute approximate surface area is 101 Å². The molecule has 1 heterocycles. The van der Waals surface area contributed by atoms with E-state index in [0.29, 0.717) is 11.5 Å². The second kappa shape index (κ2) is 6.61. The molecule has 2 atom stereocenters. The van der Waals surface area contributed by atoms with Crippen LogP contribution in [0.15, 0.2) is 0 Å². The smallest absolute Gasteiger partial charge is 0.0576 e. The van der Waals surface area contributed by atoms with Crippen molar-refractivity contribution in [1.82, 2.24) is 5.32 Å². The second-order valence-corrected chi connectivity index (χ2v) is 5.76. The molecule has 0 bridgehead atoms. The van der Waals surface area contributed by atoms with E-state index in [1.807, 2.05) is 0 Å². The van der Waals surface area contributed by atoms with Crippen LogP contribution in [0.3, 0.4) is 0 Å². The molecule has 1 aliphatic heterocycles. The largest absolute Gasteiger partial charge is 0.378 e. The summed E-state index contributed by atoms with van der Waals surface area (Å²) in [5.41, 5.74) is 0.419. The van der Waals surface area contributed by atoms with Crippen molar-refractivity contribution in [1.29, 1.82) is 0 Å². The first-order chi connectivity index (χ1) is 7.58. The maximum atomic E-state index is 5.71. The van der Waals surface area contributed by atoms with E-state index in [1.165, 1.54) is 25.7 Å². The lowest BCUT2D eigenvalue weighted by Crippen LogP contribution is -2.36. The van der Waals surface area contributed by atoms with Crippen molar-refractivity contribution in [3.05, 3.63) is 0 Å². The van der Waals surface area contributed by atoms with Crippen molar-refractivity contribution >= 4 is 0 Å². The molecule has 2 heteroatoms. The minimum absolute atomic E-state index is 0.419. The molecule has 0 aromatic rings. The fourth-order valence-electron chi connectivity index (χ4n) is 2.35. The zero-order valence-electron chi connectivity index (χ0n) is 11.5. The Kier molecular flexibility index (Phi) is 5.77. The van der Waals surface area contributed by atoms with Gasteiger partial charge in [0.25, 0.3) is 0 Å². The third-order valence-corrected chi connectivity index (χ3v) is 4.23. The number of ether oxygens (including phenoxy) is 1. The summed E-state index contributed by atoms with van der Waals surface area (Å²) in [6, 6.07) is 0. The van der Waals surface area contributed by atoms with Crippen molar-refractivity contribution in [2.75, 3.05) is 19.7 Å². The Morgan fingerprint density at radius 1 is 1.44 bits per heavy atom. The second-order valence-electron chi connectivity index (χ2n) is 5.76. The van der Waals surface area contributed by atoms with Crippen LogP contribution in [0.5, 0.6) is 0 Å². The fraction of sp³-hybridized carbons (Fsp3) is 1.00. The van der Waals surface area contributed by atoms with E-state index in [0.717, 1.165) is 25.6 Å². The van der Waals surface area contributed by atoms with Gasteiger partial charge in [-0.1, -0.05) is 27.7 Å². The van der Waals surface area contributed by atoms with Crippen LogP contribution in [0, 0.1) is 11.3 Å². The summed E-state index contributed by atoms with van der Waals surface area (Å²) in [5.74, 6) is 0.730. The molecule has 0 aliphatic carbocycles. The monoisotopic (exact) mass is 227 g/mol. The molecule has 16 heavy (non-hydrogen) atoms. The van der Waals surface area contributed by atoms with Crippen LogP contribution in [0.2, 0.25) is 0 Å². The van der Waals surface area contributed by atoms with E-state index in [-0.39, 0.29) is 0 Å². The van der Waals surface area contributed by atoms with Crippen molar-refractivity contribution in [2.45, 2.75) is 59.5 Å². The van der Waals surface area contributed by atoms with Gasteiger partial charge in [-0.2, -0.15) is 0 Å². The molecule has 1 rings (SSSR count). The van der Waals surface area contributed by atoms with Gasteiger partial charge in [-0.3, -0.25) is 0 Å². The molecular formula is C14H29NO. The first-order valence-corrected chi connectivity index (χ1v) is 6.91. The molecule has 0 amide bonds. The number of nitrogens with one attached hydrogen (secondary N) is 1. The topological polar surface area (TPSA) is 21.3 Å². The van der Waals surface area contributed by atoms with Crippen LogP contribution in [-0.2, 0) is 4.74 Å². The highest BCUT2D eigenvalue weighted by atomic mass is 16.5. The van der Waals surface area contributed by atoms with Crippen molar-refractivity contribution in [3.8, 4) is 0 Å². The quantitative estimate of drug-likeness (QED) is 0.721. The van der Waals surface area contributed by atoms with Gasteiger partial charge >= 0.3 is 0 Å². The molecule has 96 valence electrons. The van der Waals surface area contributed by atoms with E-state index in [2.05, 4.69) is 33.0 Å². The van der Waals surface area contributed by atoms with Gasteiger partial charge in [0.2, 0.25) is 0 Å². The summed E-state index contributed by atoms with van der Waals surface area (Å²) in [4.78, 5) is 0. The first kappa shape index (κ1) is 14.0. The molecule has 0 saturated carbocycles. The van der Waals surface area contributed by atoms with Crippen LogP contribution in [0.1, 0.15) is 53.4 Å². The molecule has 1 saturated heterocycles. The Morgan fingerprint density at radius 3 is 2.69 bits per heavy atom. The van der Waals surface area contributed by atoms with Gasteiger partial charge in [-0.25, -0.2) is 0 Å². The summed E-state index contributed by atoms with van der Waals surface area (Å²) in [6.07, 6.45) is 5.59. The molecule has 2 nitrogen and oxygen atoms in total. The highest BCUT2D eigenvalue weighted by Gasteiger charge is 2.29. The molecule has 0 aromatic heterocycles. The highest BCUT2D eigenvalue weighted by molar-refractivity contribution is 4.82. The van der Waals surface area contributed by atoms with E-state index < -0.39 is 0 Å². The van der Waals surface area contributed by atoms with Gasteiger partial charge in [0.1, 0.15) is 0 Å². The molecule has 0 aromatic carbocycles. The number of hydrogen-bond acceptors (Lipinski definition) is 2. The SMILES string of the molecule is CCNCC(C)(CCC1CCCO1)C(C)C. The molecule has 1 fully saturated rings. The average Bonchev–Trinajstić information content (AvgIpc) is 2.76. The van der Waals surface area contributed by atoms with Crippen LogP contribution >= 0.6 is 0 Å². The van der Waals surface area contributed by atoms with Gasteiger partial charge in [0.15, 0.2) is 0 Å². The summed E-state index contributed by atoms with van der Waals surface area (Å²) < 4.78 is 5.71. The predicted molar refractivity (Wildman–Crippen MR) is 69.7 cm³/mol. The zero-order valence-corrected chi connectivity index (χ0v) is 11.5. The summed E-state index contributed by atoms with van der Waals surface area (Å²) in [7, 11) is 0. The fourth-order valence-corrected chi connectivity index (χ4v) is 2.35. The summed E-state index contributed by atoms with van der Waals surface area (Å²) in [5, 5.41) is 3.50. The van der Waals surface area contributed by atoms with E-state index >= 15 is 0 Å². The molecule has 0 spiro atoms. The minimum Gasteiger partial charge on any atom is -0.378 e. The molecule has 1 aliphatic rings. The first-order valence-electron chi connectivity index (χ1n) is 6.91. The molecule has 2 unspecified atom stereocenters. The van der Waals surface area contributed by atoms with Crippen molar-refractivity contribution in [2.24, 2.45) is 11.3 Å². The molecule has 0 radical (unpaired) electrons. The van der Waals surface area contributed by atoms with Gasteiger partial charge < -0.3 is 10.1 Å². The Balaban J connectivity index is 2.36. The van der Waals surface area contributed by atoms with E-state index in [1.54, 1.807) is 0 Å². The lowest BCUT2D eigenvalue weighted by Gasteiger charge is -2.35. The lowest BCUT2D eigenvalue weighted by molar-refractivity contribution is 0.0800. The van der Waals surface area contributed by atoms with Gasteiger partial charge in [-0.15, -0.1) is 0 Å². The van der Waals surface area contributed by atoms with E-state index in [4.69, 9.17) is 4.74 Å². The Hall–Kier alpha value is -0.0800. The molecule has 1 N–H and O–H groups in total. The third-order valence-electron chi connectivity index (χ3n) is 4.23. The maximum Gasteiger partial charge on any atom is 0.0576 e. The maximum absolute atomic E-state index is 5.71. The third kappa shape index (κ3) is 4.06. The molecular weight excluding hydrogens is 198 g/mol. The normalized spacial score (nSPS) is 24.9. The van der Waals surface area contributed by atoms with Crippen LogP contribution in [-0.4, -0.2) is 25.8 Å². The summed E-state index contributed by atoms with van der Waals surface area (Å²) >= 11 is 0. The highest BCUT2D eigenvalue weighted by Crippen LogP contribution is 2.33. The lowest BCUT2D eigenvalue weighted by atomic mass is 9.74. The van der Waals surface area contributed by atoms with Crippen LogP contribution < -0.4 is 5.32 Å². The van der Waals surface area contributed by atoms with Gasteiger partial charge in [0, 0.05) is 13.2 Å². The Morgan fingerprint density at radius 2 is 2.19 bits per heavy atom. The number of rotatable bonds is 7. The van der Waals surface area contributed by atoms with Crippen molar-refractivity contribution < 1.29 is 4.74 Å². The number of hydrogen-bond donors (Lipinski definition) is 1. The van der Waals surface area contributed by atoms with Gasteiger partial charge in [0.05, 0.1) is 6.10 Å². The van der Waals surface area contributed by atoms with Crippen LogP contribution in [0.4, 0.5) is 0 Å². The van der Waals surface area contributed by atoms with Crippen LogP contribution in [0.25, 0.3) is 0 Å². The van der Waals surface area contributed by atoms with Crippen molar-refractivity contribution in [3.63, 3.8) is 0 Å². The van der Waals surface area contributed by atoms with Gasteiger partial charge in [-0.05, 0) is 43.6 Å². The average molecular weight is 227 g/mol. The summed E-state index contributed by atoms with van der Waals surface area (Å²) in [6.45, 7) is 12.5. The predicted octanol–water partition coefficient (Wildman–Crippen LogP) is 3.22. The minimum atomic E-state index is 0.419. The van der Waals surface area contributed by atoms with E-state index in [9.17, 15) is 0 Å². The zero-order chi connectivity index (χ0) is 12.0.